The zero-order chi connectivity index (χ0) is 10.7. The molecule has 0 heterocycles. The van der Waals surface area contributed by atoms with Gasteiger partial charge in [-0.15, -0.1) is 0 Å². The number of carbonyl (C=O) groups excluding carboxylic acids is 2. The standard InChI is InChI=1S/C3H7.2C2H4O2.Bi/c1-3-2;2*1-2(3)4;/h3H,1-2H3;2*1H3,(H,3,4);/q;;;+2/p-2. The van der Waals surface area contributed by atoms with Gasteiger partial charge in [-0.1, -0.05) is 0 Å². The molecule has 0 saturated heterocycles. The first-order valence-electron chi connectivity index (χ1n) is 3.23. The van der Waals surface area contributed by atoms with Gasteiger partial charge in [0.15, 0.2) is 0 Å². The van der Waals surface area contributed by atoms with Gasteiger partial charge in [-0.05, 0) is 13.8 Å². The molecule has 5 heteroatoms. The Labute approximate surface area is 87.8 Å². The Balaban J connectivity index is -0.000000101. The zero-order valence-corrected chi connectivity index (χ0v) is 11.1. The van der Waals surface area contributed by atoms with Crippen LogP contribution in [0.2, 0.25) is 3.63 Å². The molecule has 0 amide bonds. The van der Waals surface area contributed by atoms with Gasteiger partial charge in [0.25, 0.3) is 0 Å². The second-order valence-electron chi connectivity index (χ2n) is 2.08. The molecule has 0 rings (SSSR count). The molecule has 0 unspecified atom stereocenters. The monoisotopic (exact) mass is 370 g/mol. The van der Waals surface area contributed by atoms with Crippen LogP contribution in [-0.4, -0.2) is 36.7 Å². The van der Waals surface area contributed by atoms with Crippen molar-refractivity contribution in [3.05, 3.63) is 0 Å². The fourth-order valence-corrected chi connectivity index (χ4v) is 0. The minimum atomic E-state index is -1.08. The number of hydrogen-bond acceptors (Lipinski definition) is 4. The third-order valence-electron chi connectivity index (χ3n) is 0. The maximum absolute atomic E-state index is 8.89. The van der Waals surface area contributed by atoms with E-state index in [1.165, 1.54) is 24.7 Å². The number of carboxylic acid groups (broad SMARTS) is 2. The van der Waals surface area contributed by atoms with E-state index in [1.54, 1.807) is 0 Å². The number of hydrogen-bond donors (Lipinski definition) is 0. The molecular formula is C7H13BiO4. The van der Waals surface area contributed by atoms with Crippen LogP contribution in [0.25, 0.3) is 0 Å². The summed E-state index contributed by atoms with van der Waals surface area (Å²) >= 11 is 1.51. The summed E-state index contributed by atoms with van der Waals surface area (Å²) in [6.45, 7) is 6.38. The molecule has 0 atom stereocenters. The molecule has 0 aromatic rings. The van der Waals surface area contributed by atoms with E-state index in [4.69, 9.17) is 19.8 Å². The molecule has 0 aliphatic carbocycles. The van der Waals surface area contributed by atoms with Gasteiger partial charge in [-0.2, -0.15) is 0 Å². The predicted molar refractivity (Wildman–Crippen MR) is 42.2 cm³/mol. The molecule has 0 saturated carbocycles. The molecule has 70 valence electrons. The Kier molecular flexibility index (Phi) is 19.9. The molecule has 0 fully saturated rings. The average Bonchev–Trinajstić information content (AvgIpc) is 1.54. The van der Waals surface area contributed by atoms with Crippen molar-refractivity contribution in [1.29, 1.82) is 0 Å². The van der Waals surface area contributed by atoms with Crippen LogP contribution in [0.5, 0.6) is 0 Å². The fraction of sp³-hybridized carbons (Fsp3) is 0.714. The van der Waals surface area contributed by atoms with Crippen molar-refractivity contribution in [2.45, 2.75) is 31.3 Å². The Hall–Kier alpha value is -0.177. The third-order valence-corrected chi connectivity index (χ3v) is 0. The van der Waals surface area contributed by atoms with E-state index >= 15 is 0 Å². The van der Waals surface area contributed by atoms with Gasteiger partial charge in [0.05, 0.1) is 0 Å². The molecule has 0 aliphatic heterocycles. The van der Waals surface area contributed by atoms with Crippen molar-refractivity contribution >= 4 is 36.7 Å². The van der Waals surface area contributed by atoms with Gasteiger partial charge in [0, 0.05) is 11.9 Å². The van der Waals surface area contributed by atoms with Crippen molar-refractivity contribution < 1.29 is 19.8 Å². The van der Waals surface area contributed by atoms with Crippen LogP contribution >= 0.6 is 0 Å². The van der Waals surface area contributed by atoms with Crippen LogP contribution in [0.15, 0.2) is 0 Å². The SMILES string of the molecule is CC(=O)[O-].CC(=O)[O-].C[CH](C)[Bi+2]. The maximum atomic E-state index is 8.89. The molecule has 0 aromatic carbocycles. The second kappa shape index (κ2) is 13.4. The van der Waals surface area contributed by atoms with Crippen LogP contribution in [0.4, 0.5) is 0 Å². The summed E-state index contributed by atoms with van der Waals surface area (Å²) in [5.74, 6) is -2.17. The molecule has 0 N–H and O–H groups in total. The Morgan fingerprint density at radius 2 is 1.08 bits per heavy atom. The van der Waals surface area contributed by atoms with Crippen LogP contribution in [0, 0.1) is 0 Å². The summed E-state index contributed by atoms with van der Waals surface area (Å²) in [6.07, 6.45) is 0. The normalized spacial score (nSPS) is 7.08. The van der Waals surface area contributed by atoms with Crippen molar-refractivity contribution in [3.63, 3.8) is 0 Å². The van der Waals surface area contributed by atoms with Gasteiger partial charge < -0.3 is 19.8 Å². The van der Waals surface area contributed by atoms with Gasteiger partial charge in [0.2, 0.25) is 0 Å². The van der Waals surface area contributed by atoms with Gasteiger partial charge in [0.1, 0.15) is 0 Å². The van der Waals surface area contributed by atoms with Gasteiger partial charge in [-0.25, -0.2) is 0 Å². The molecule has 0 spiro atoms. The zero-order valence-electron chi connectivity index (χ0n) is 7.66. The number of rotatable bonds is 0. The second-order valence-corrected chi connectivity index (χ2v) is 6.09. The Bertz CT molecular complexity index is 99.8. The van der Waals surface area contributed by atoms with Gasteiger partial charge in [-0.3, -0.25) is 0 Å². The topological polar surface area (TPSA) is 80.3 Å². The summed E-state index contributed by atoms with van der Waals surface area (Å²) in [7, 11) is 0. The van der Waals surface area contributed by atoms with E-state index in [-0.39, 0.29) is 0 Å². The Morgan fingerprint density at radius 1 is 1.08 bits per heavy atom. The summed E-state index contributed by atoms with van der Waals surface area (Å²) < 4.78 is 0.944. The van der Waals surface area contributed by atoms with Crippen molar-refractivity contribution in [2.24, 2.45) is 0 Å². The molecule has 0 aromatic heterocycles. The van der Waals surface area contributed by atoms with E-state index in [1.807, 2.05) is 0 Å². The fourth-order valence-electron chi connectivity index (χ4n) is 0. The first-order chi connectivity index (χ1) is 5.20. The van der Waals surface area contributed by atoms with E-state index in [0.717, 1.165) is 17.5 Å². The number of aliphatic carboxylic acids is 2. The van der Waals surface area contributed by atoms with Crippen LogP contribution in [0.3, 0.4) is 0 Å². The van der Waals surface area contributed by atoms with Crippen LogP contribution in [-0.2, 0) is 9.59 Å². The summed E-state index contributed by atoms with van der Waals surface area (Å²) in [5, 5.41) is 17.8. The van der Waals surface area contributed by atoms with Gasteiger partial charge >= 0.3 is 42.2 Å². The third kappa shape index (κ3) is 24400. The molecule has 4 nitrogen and oxygen atoms in total. The van der Waals surface area contributed by atoms with E-state index in [2.05, 4.69) is 13.8 Å². The summed E-state index contributed by atoms with van der Waals surface area (Å²) in [5.41, 5.74) is 0. The predicted octanol–water partition coefficient (Wildman–Crippen LogP) is -1.50. The number of carboxylic acids is 2. The van der Waals surface area contributed by atoms with Crippen molar-refractivity contribution in [1.82, 2.24) is 0 Å². The van der Waals surface area contributed by atoms with Crippen molar-refractivity contribution in [2.75, 3.05) is 0 Å². The summed E-state index contributed by atoms with van der Waals surface area (Å²) in [6, 6.07) is 0. The average molecular weight is 370 g/mol. The molecule has 2 radical (unpaired) electrons. The van der Waals surface area contributed by atoms with Crippen LogP contribution in [0.1, 0.15) is 27.7 Å². The molecule has 12 heavy (non-hydrogen) atoms. The minimum absolute atomic E-state index is 0.944. The first-order valence-corrected chi connectivity index (χ1v) is 5.24. The quantitative estimate of drug-likeness (QED) is 0.486. The molecular weight excluding hydrogens is 357 g/mol. The van der Waals surface area contributed by atoms with E-state index in [0.29, 0.717) is 0 Å². The summed E-state index contributed by atoms with van der Waals surface area (Å²) in [4.78, 5) is 17.8. The van der Waals surface area contributed by atoms with Crippen LogP contribution < -0.4 is 10.2 Å². The molecule has 0 aliphatic rings. The van der Waals surface area contributed by atoms with Crippen molar-refractivity contribution in [3.8, 4) is 0 Å². The van der Waals surface area contributed by atoms with E-state index in [9.17, 15) is 0 Å². The number of carbonyl (C=O) groups is 2. The molecule has 0 bridgehead atoms. The first kappa shape index (κ1) is 17.8. The van der Waals surface area contributed by atoms with E-state index < -0.39 is 11.9 Å². The Morgan fingerprint density at radius 3 is 1.08 bits per heavy atom.